The van der Waals surface area contributed by atoms with Gasteiger partial charge in [-0.1, -0.05) is 30.3 Å². The summed E-state index contributed by atoms with van der Waals surface area (Å²) < 4.78 is 0. The van der Waals surface area contributed by atoms with E-state index in [1.54, 1.807) is 0 Å². The van der Waals surface area contributed by atoms with Gasteiger partial charge in [0.2, 0.25) is 0 Å². The Balaban J connectivity index is 1.72. The summed E-state index contributed by atoms with van der Waals surface area (Å²) >= 11 is 0. The van der Waals surface area contributed by atoms with Crippen LogP contribution in [0.3, 0.4) is 0 Å². The number of benzene rings is 1. The monoisotopic (exact) mass is 239 g/mol. The molecule has 3 aliphatic heterocycles. The molecule has 4 bridgehead atoms. The molecule has 0 N–H and O–H groups in total. The van der Waals surface area contributed by atoms with E-state index in [1.165, 1.54) is 12.8 Å². The molecule has 3 saturated heterocycles. The highest BCUT2D eigenvalue weighted by atomic mass is 16.1. The van der Waals surface area contributed by atoms with E-state index in [0.29, 0.717) is 23.5 Å². The van der Waals surface area contributed by atoms with Gasteiger partial charge in [-0.25, -0.2) is 0 Å². The second-order valence-corrected chi connectivity index (χ2v) is 5.83. The summed E-state index contributed by atoms with van der Waals surface area (Å²) in [7, 11) is 0. The highest BCUT2D eigenvalue weighted by molar-refractivity contribution is 6.02. The number of fused-ring (bicyclic) bond motifs is 1. The molecular weight excluding hydrogens is 222 g/mol. The first kappa shape index (κ1) is 10.4. The zero-order valence-corrected chi connectivity index (χ0v) is 10.4. The number of ketones is 1. The van der Waals surface area contributed by atoms with Crippen LogP contribution in [-0.4, -0.2) is 23.8 Å². The lowest BCUT2D eigenvalue weighted by Crippen LogP contribution is -2.52. The average molecular weight is 239 g/mol. The van der Waals surface area contributed by atoms with E-state index in [-0.39, 0.29) is 0 Å². The molecule has 5 rings (SSSR count). The summed E-state index contributed by atoms with van der Waals surface area (Å²) in [4.78, 5) is 14.9. The van der Waals surface area contributed by atoms with Crippen LogP contribution in [0.2, 0.25) is 0 Å². The Morgan fingerprint density at radius 1 is 1.06 bits per heavy atom. The third kappa shape index (κ3) is 1.38. The molecule has 1 unspecified atom stereocenters. The minimum Gasteiger partial charge on any atom is -0.368 e. The molecule has 1 aliphatic carbocycles. The van der Waals surface area contributed by atoms with Crippen LogP contribution in [0.15, 0.2) is 36.0 Å². The number of nitrogens with zero attached hydrogens (tertiary/aromatic N) is 1. The van der Waals surface area contributed by atoms with Gasteiger partial charge in [-0.05, 0) is 36.3 Å². The first-order chi connectivity index (χ1) is 8.83. The number of rotatable bonds is 1. The molecule has 92 valence electrons. The molecule has 18 heavy (non-hydrogen) atoms. The average Bonchev–Trinajstić information content (AvgIpc) is 2.69. The minimum absolute atomic E-state index is 0.338. The zero-order valence-electron chi connectivity index (χ0n) is 10.4. The molecular formula is C16H17NO. The molecule has 0 amide bonds. The largest absolute Gasteiger partial charge is 0.368 e. The first-order valence-electron chi connectivity index (χ1n) is 6.89. The van der Waals surface area contributed by atoms with Crippen molar-refractivity contribution in [3.05, 3.63) is 41.6 Å². The highest BCUT2D eigenvalue weighted by Gasteiger charge is 2.52. The van der Waals surface area contributed by atoms with Crippen LogP contribution in [0, 0.1) is 17.8 Å². The van der Waals surface area contributed by atoms with Gasteiger partial charge in [-0.2, -0.15) is 0 Å². The number of hydrogen-bond acceptors (Lipinski definition) is 2. The van der Waals surface area contributed by atoms with Crippen LogP contribution in [-0.2, 0) is 4.79 Å². The number of piperidine rings is 3. The van der Waals surface area contributed by atoms with E-state index in [4.69, 9.17) is 0 Å². The van der Waals surface area contributed by atoms with Crippen LogP contribution in [0.4, 0.5) is 0 Å². The predicted octanol–water partition coefficient (Wildman–Crippen LogP) is 2.57. The summed E-state index contributed by atoms with van der Waals surface area (Å²) in [6, 6.07) is 10.2. The Labute approximate surface area is 107 Å². The molecule has 0 radical (unpaired) electrons. The highest BCUT2D eigenvalue weighted by Crippen LogP contribution is 2.48. The fourth-order valence-electron chi connectivity index (χ4n) is 4.04. The standard InChI is InChI=1S/C16H17NO/c18-16-14(8-11-4-2-1-3-5-11)17-9-12-6-7-13(10-17)15(12)16/h1-5,8,12-13,15H,6-7,9-10H2/b14-8-/t12-,13+,15?. The van der Waals surface area contributed by atoms with Gasteiger partial charge < -0.3 is 4.90 Å². The quantitative estimate of drug-likeness (QED) is 0.702. The molecule has 0 spiro atoms. The molecule has 1 aromatic rings. The number of carbonyl (C=O) groups is 1. The van der Waals surface area contributed by atoms with Crippen molar-refractivity contribution in [1.82, 2.24) is 4.90 Å². The fraction of sp³-hybridized carbons (Fsp3) is 0.438. The third-order valence-electron chi connectivity index (χ3n) is 4.83. The molecule has 2 nitrogen and oxygen atoms in total. The smallest absolute Gasteiger partial charge is 0.182 e. The lowest BCUT2D eigenvalue weighted by atomic mass is 9.75. The van der Waals surface area contributed by atoms with Crippen LogP contribution in [0.25, 0.3) is 6.08 Å². The van der Waals surface area contributed by atoms with E-state index in [0.717, 1.165) is 24.4 Å². The van der Waals surface area contributed by atoms with Crippen molar-refractivity contribution in [2.24, 2.45) is 17.8 Å². The van der Waals surface area contributed by atoms with Gasteiger partial charge in [0.25, 0.3) is 0 Å². The second-order valence-electron chi connectivity index (χ2n) is 5.83. The normalized spacial score (nSPS) is 35.6. The van der Waals surface area contributed by atoms with Crippen molar-refractivity contribution in [1.29, 1.82) is 0 Å². The van der Waals surface area contributed by atoms with Crippen LogP contribution >= 0.6 is 0 Å². The second kappa shape index (κ2) is 3.71. The topological polar surface area (TPSA) is 20.3 Å². The lowest BCUT2D eigenvalue weighted by molar-refractivity contribution is -0.129. The van der Waals surface area contributed by atoms with E-state index in [1.807, 2.05) is 18.2 Å². The zero-order chi connectivity index (χ0) is 12.1. The number of hydrogen-bond donors (Lipinski definition) is 0. The fourth-order valence-corrected chi connectivity index (χ4v) is 4.04. The summed E-state index contributed by atoms with van der Waals surface area (Å²) in [6.07, 6.45) is 4.60. The molecule has 4 aliphatic rings. The summed E-state index contributed by atoms with van der Waals surface area (Å²) in [5, 5.41) is 0. The maximum absolute atomic E-state index is 12.5. The van der Waals surface area contributed by atoms with Gasteiger partial charge in [0.15, 0.2) is 5.78 Å². The van der Waals surface area contributed by atoms with Crippen molar-refractivity contribution < 1.29 is 4.79 Å². The molecule has 2 heteroatoms. The van der Waals surface area contributed by atoms with Crippen molar-refractivity contribution in [2.75, 3.05) is 13.1 Å². The number of Topliss-reactive ketones (excluding diaryl/α,β-unsaturated/α-hetero) is 1. The Morgan fingerprint density at radius 3 is 2.33 bits per heavy atom. The molecule has 4 fully saturated rings. The van der Waals surface area contributed by atoms with E-state index in [2.05, 4.69) is 23.1 Å². The van der Waals surface area contributed by atoms with Crippen molar-refractivity contribution >= 4 is 11.9 Å². The van der Waals surface area contributed by atoms with Gasteiger partial charge in [0.05, 0.1) is 5.70 Å². The Morgan fingerprint density at radius 2 is 1.72 bits per heavy atom. The number of allylic oxidation sites excluding steroid dienone is 1. The van der Waals surface area contributed by atoms with Gasteiger partial charge in [-0.3, -0.25) is 4.79 Å². The summed E-state index contributed by atoms with van der Waals surface area (Å²) in [5.41, 5.74) is 2.10. The maximum Gasteiger partial charge on any atom is 0.182 e. The van der Waals surface area contributed by atoms with Crippen molar-refractivity contribution in [2.45, 2.75) is 12.8 Å². The first-order valence-corrected chi connectivity index (χ1v) is 6.89. The van der Waals surface area contributed by atoms with E-state index < -0.39 is 0 Å². The molecule has 3 atom stereocenters. The van der Waals surface area contributed by atoms with Crippen molar-refractivity contribution in [3.8, 4) is 0 Å². The Hall–Kier alpha value is -1.57. The van der Waals surface area contributed by atoms with Crippen LogP contribution in [0.1, 0.15) is 18.4 Å². The van der Waals surface area contributed by atoms with Crippen molar-refractivity contribution in [3.63, 3.8) is 0 Å². The lowest BCUT2D eigenvalue weighted by Gasteiger charge is -2.46. The SMILES string of the molecule is O=C1/C(=C/c2ccccc2)N2C[C@H]3CC[C@@H](C2)C13. The predicted molar refractivity (Wildman–Crippen MR) is 70.7 cm³/mol. The Bertz CT molecular complexity index is 505. The van der Waals surface area contributed by atoms with Gasteiger partial charge in [-0.15, -0.1) is 0 Å². The third-order valence-corrected chi connectivity index (χ3v) is 4.83. The molecule has 1 aromatic carbocycles. The molecule has 0 aromatic heterocycles. The van der Waals surface area contributed by atoms with Crippen LogP contribution in [0.5, 0.6) is 0 Å². The van der Waals surface area contributed by atoms with E-state index >= 15 is 0 Å². The van der Waals surface area contributed by atoms with Gasteiger partial charge in [0.1, 0.15) is 0 Å². The summed E-state index contributed by atoms with van der Waals surface area (Å²) in [6.45, 7) is 2.21. The van der Waals surface area contributed by atoms with Gasteiger partial charge >= 0.3 is 0 Å². The van der Waals surface area contributed by atoms with E-state index in [9.17, 15) is 4.79 Å². The number of carbonyl (C=O) groups excluding carboxylic acids is 1. The summed E-state index contributed by atoms with van der Waals surface area (Å²) in [5.74, 6) is 2.03. The molecule has 1 saturated carbocycles. The minimum atomic E-state index is 0.338. The molecule has 3 heterocycles. The Kier molecular flexibility index (Phi) is 2.14. The maximum atomic E-state index is 12.5. The van der Waals surface area contributed by atoms with Crippen LogP contribution < -0.4 is 0 Å². The van der Waals surface area contributed by atoms with Gasteiger partial charge in [0, 0.05) is 19.0 Å².